The van der Waals surface area contributed by atoms with E-state index in [0.29, 0.717) is 12.0 Å². The summed E-state index contributed by atoms with van der Waals surface area (Å²) in [6.45, 7) is 2.60. The molecule has 0 spiro atoms. The van der Waals surface area contributed by atoms with Gasteiger partial charge in [-0.25, -0.2) is 4.79 Å². The van der Waals surface area contributed by atoms with E-state index in [1.165, 1.54) is 5.56 Å². The molecule has 8 nitrogen and oxygen atoms in total. The van der Waals surface area contributed by atoms with Crippen LogP contribution in [0.5, 0.6) is 5.75 Å². The number of benzene rings is 1. The van der Waals surface area contributed by atoms with Crippen molar-refractivity contribution in [3.8, 4) is 5.75 Å². The van der Waals surface area contributed by atoms with E-state index in [9.17, 15) is 4.79 Å². The number of nitrogens with zero attached hydrogens (tertiary/aromatic N) is 3. The highest BCUT2D eigenvalue weighted by Crippen LogP contribution is 2.30. The smallest absolute Gasteiger partial charge is 0.337 e. The number of fused-ring (bicyclic) bond motifs is 1. The molecule has 3 rings (SSSR count). The first-order chi connectivity index (χ1) is 14.8. The summed E-state index contributed by atoms with van der Waals surface area (Å²) in [4.78, 5) is 25.0. The third kappa shape index (κ3) is 6.36. The van der Waals surface area contributed by atoms with E-state index in [-0.39, 0.29) is 12.4 Å². The van der Waals surface area contributed by atoms with Gasteiger partial charge in [0.05, 0.1) is 18.2 Å². The summed E-state index contributed by atoms with van der Waals surface area (Å²) >= 11 is 0. The summed E-state index contributed by atoms with van der Waals surface area (Å²) in [6.07, 6.45) is 8.88. The summed E-state index contributed by atoms with van der Waals surface area (Å²) in [5.41, 5.74) is 2.88. The van der Waals surface area contributed by atoms with Gasteiger partial charge in [-0.3, -0.25) is 4.79 Å². The molecule has 1 aliphatic heterocycles. The van der Waals surface area contributed by atoms with Crippen molar-refractivity contribution in [1.82, 2.24) is 14.4 Å². The fourth-order valence-corrected chi connectivity index (χ4v) is 3.39. The molecule has 0 saturated carbocycles. The van der Waals surface area contributed by atoms with Crippen LogP contribution in [0.3, 0.4) is 0 Å². The Morgan fingerprint density at radius 1 is 1.35 bits per heavy atom. The molecular formula is C23H31N3O5. The van der Waals surface area contributed by atoms with E-state index in [4.69, 9.17) is 19.4 Å². The summed E-state index contributed by atoms with van der Waals surface area (Å²) in [5.74, 6) is 0.495. The van der Waals surface area contributed by atoms with E-state index in [0.717, 1.165) is 29.6 Å². The summed E-state index contributed by atoms with van der Waals surface area (Å²) in [5, 5.41) is 8.05. The van der Waals surface area contributed by atoms with Crippen LogP contribution < -0.4 is 4.74 Å². The van der Waals surface area contributed by atoms with Crippen LogP contribution in [0.4, 0.5) is 0 Å². The number of esters is 1. The average molecular weight is 430 g/mol. The Hall–Kier alpha value is -3.26. The average Bonchev–Trinajstić information content (AvgIpc) is 3.10. The fourth-order valence-electron chi connectivity index (χ4n) is 3.39. The van der Waals surface area contributed by atoms with Crippen molar-refractivity contribution >= 4 is 23.3 Å². The lowest BCUT2D eigenvalue weighted by molar-refractivity contribution is -0.147. The number of aromatic nitrogens is 1. The summed E-state index contributed by atoms with van der Waals surface area (Å²) in [6, 6.07) is 6.04. The molecule has 0 aliphatic carbocycles. The number of hydrogen-bond donors (Lipinski definition) is 1. The largest absolute Gasteiger partial charge is 0.497 e. The number of carbonyl (C=O) groups is 2. The number of methoxy groups -OCH3 is 1. The van der Waals surface area contributed by atoms with Gasteiger partial charge in [-0.2, -0.15) is 0 Å². The lowest BCUT2D eigenvalue weighted by atomic mass is 10.1. The number of likely N-dealkylation sites (N-methyl/N-ethyl adjacent to an activating group) is 1. The Bertz CT molecular complexity index is 962. The van der Waals surface area contributed by atoms with Crippen LogP contribution in [0.25, 0.3) is 10.9 Å². The summed E-state index contributed by atoms with van der Waals surface area (Å²) in [7, 11) is 7.69. The Morgan fingerprint density at radius 3 is 2.68 bits per heavy atom. The van der Waals surface area contributed by atoms with Crippen LogP contribution in [0, 0.1) is 0 Å². The Labute approximate surface area is 182 Å². The van der Waals surface area contributed by atoms with Crippen LogP contribution in [-0.2, 0) is 20.7 Å². The van der Waals surface area contributed by atoms with Gasteiger partial charge in [0.15, 0.2) is 6.23 Å². The Kier molecular flexibility index (Phi) is 8.69. The molecule has 1 aromatic carbocycles. The molecule has 168 valence electrons. The molecular weight excluding hydrogens is 398 g/mol. The second-order valence-corrected chi connectivity index (χ2v) is 7.52. The molecule has 8 heteroatoms. The molecule has 0 saturated heterocycles. The van der Waals surface area contributed by atoms with Crippen molar-refractivity contribution in [2.45, 2.75) is 26.0 Å². The quantitative estimate of drug-likeness (QED) is 0.534. The predicted molar refractivity (Wildman–Crippen MR) is 120 cm³/mol. The number of hydrogen-bond acceptors (Lipinski definition) is 6. The minimum Gasteiger partial charge on any atom is -0.497 e. The minimum atomic E-state index is -0.424. The van der Waals surface area contributed by atoms with Gasteiger partial charge in [-0.1, -0.05) is 6.08 Å². The zero-order valence-electron chi connectivity index (χ0n) is 18.7. The van der Waals surface area contributed by atoms with E-state index < -0.39 is 6.23 Å². The number of carbonyl (C=O) groups excluding carboxylic acids is 1. The lowest BCUT2D eigenvalue weighted by Gasteiger charge is -2.20. The number of allylic oxidation sites excluding steroid dienone is 1. The highest BCUT2D eigenvalue weighted by atomic mass is 16.6. The molecule has 0 fully saturated rings. The van der Waals surface area contributed by atoms with Crippen molar-refractivity contribution in [2.75, 3.05) is 34.8 Å². The minimum absolute atomic E-state index is 0.250. The second kappa shape index (κ2) is 11.2. The standard InChI is InChI=1S/C22H29N3O3.CH2O2/c1-16(28-22(26)18-7-6-11-24(4)14-18)25-15-17(10-12-23(2)3)20-9-8-19(27-5)13-21(20)25;2-1-3/h6,8-9,11,13-16H,7,10,12H2,1-5H3;1H,(H,2,3). The van der Waals surface area contributed by atoms with Crippen molar-refractivity contribution in [3.63, 3.8) is 0 Å². The molecule has 1 unspecified atom stereocenters. The van der Waals surface area contributed by atoms with Gasteiger partial charge < -0.3 is 28.9 Å². The highest BCUT2D eigenvalue weighted by Gasteiger charge is 2.20. The molecule has 1 N–H and O–H groups in total. The highest BCUT2D eigenvalue weighted by molar-refractivity contribution is 5.89. The first-order valence-electron chi connectivity index (χ1n) is 10.0. The topological polar surface area (TPSA) is 84.2 Å². The molecule has 1 aliphatic rings. The molecule has 0 bridgehead atoms. The van der Waals surface area contributed by atoms with Gasteiger partial charge in [-0.15, -0.1) is 0 Å². The van der Waals surface area contributed by atoms with Gasteiger partial charge in [0.25, 0.3) is 6.47 Å². The van der Waals surface area contributed by atoms with E-state index in [2.05, 4.69) is 31.3 Å². The third-order valence-corrected chi connectivity index (χ3v) is 4.92. The predicted octanol–water partition coefficient (Wildman–Crippen LogP) is 3.25. The maximum absolute atomic E-state index is 12.6. The second-order valence-electron chi connectivity index (χ2n) is 7.52. The van der Waals surface area contributed by atoms with E-state index in [1.54, 1.807) is 7.11 Å². The zero-order valence-corrected chi connectivity index (χ0v) is 18.7. The lowest BCUT2D eigenvalue weighted by Crippen LogP contribution is -2.18. The maximum Gasteiger partial charge on any atom is 0.337 e. The van der Waals surface area contributed by atoms with Crippen molar-refractivity contribution in [1.29, 1.82) is 0 Å². The van der Waals surface area contributed by atoms with Crippen LogP contribution in [0.1, 0.15) is 25.1 Å². The first-order valence-corrected chi connectivity index (χ1v) is 10.0. The summed E-state index contributed by atoms with van der Waals surface area (Å²) < 4.78 is 13.2. The van der Waals surface area contributed by atoms with Gasteiger partial charge in [0, 0.05) is 43.9 Å². The van der Waals surface area contributed by atoms with Crippen LogP contribution in [0.15, 0.2) is 48.4 Å². The van der Waals surface area contributed by atoms with Crippen LogP contribution in [0.2, 0.25) is 0 Å². The van der Waals surface area contributed by atoms with Gasteiger partial charge in [0.1, 0.15) is 5.75 Å². The SMILES string of the molecule is COc1ccc2c(CCN(C)C)cn(C(C)OC(=O)C3=CN(C)C=CC3)c2c1.O=CO. The molecule has 2 aromatic rings. The Morgan fingerprint density at radius 2 is 2.06 bits per heavy atom. The van der Waals surface area contributed by atoms with Crippen molar-refractivity contribution < 1.29 is 24.2 Å². The molecule has 1 atom stereocenters. The molecule has 31 heavy (non-hydrogen) atoms. The van der Waals surface area contributed by atoms with E-state index >= 15 is 0 Å². The van der Waals surface area contributed by atoms with E-state index in [1.807, 2.05) is 54.0 Å². The van der Waals surface area contributed by atoms with Gasteiger partial charge in [0.2, 0.25) is 0 Å². The molecule has 0 radical (unpaired) electrons. The van der Waals surface area contributed by atoms with Gasteiger partial charge in [-0.05, 0) is 51.3 Å². The van der Waals surface area contributed by atoms with Crippen molar-refractivity contribution in [2.24, 2.45) is 0 Å². The maximum atomic E-state index is 12.6. The van der Waals surface area contributed by atoms with Crippen molar-refractivity contribution in [3.05, 3.63) is 54.0 Å². The van der Waals surface area contributed by atoms with Crippen LogP contribution in [-0.4, -0.2) is 66.7 Å². The monoisotopic (exact) mass is 429 g/mol. The Balaban J connectivity index is 0.00000107. The normalized spacial score (nSPS) is 14.0. The molecule has 0 amide bonds. The fraction of sp³-hybridized carbons (Fsp3) is 0.391. The van der Waals surface area contributed by atoms with Gasteiger partial charge >= 0.3 is 5.97 Å². The number of ether oxygens (including phenoxy) is 2. The molecule has 2 heterocycles. The first kappa shape index (κ1) is 24.0. The van der Waals surface area contributed by atoms with Crippen LogP contribution >= 0.6 is 0 Å². The molecule has 1 aromatic heterocycles. The zero-order chi connectivity index (χ0) is 23.0. The number of carboxylic acid groups (broad SMARTS) is 1. The third-order valence-electron chi connectivity index (χ3n) is 4.92. The number of rotatable bonds is 7.